The minimum atomic E-state index is 0.634. The minimum Gasteiger partial charge on any atom is -0.345 e. The van der Waals surface area contributed by atoms with E-state index in [2.05, 4.69) is 67.3 Å². The Morgan fingerprint density at radius 1 is 0.897 bits per heavy atom. The van der Waals surface area contributed by atoms with Crippen molar-refractivity contribution in [2.75, 3.05) is 18.0 Å². The Bertz CT molecular complexity index is 1230. The second-order valence-corrected chi connectivity index (χ2v) is 12.9. The first-order valence-corrected chi connectivity index (χ1v) is 16.0. The summed E-state index contributed by atoms with van der Waals surface area (Å²) in [6.45, 7) is 11.3. The fourth-order valence-corrected chi connectivity index (χ4v) is 7.47. The van der Waals surface area contributed by atoms with Crippen molar-refractivity contribution in [3.63, 3.8) is 0 Å². The maximum absolute atomic E-state index is 4.87. The van der Waals surface area contributed by atoms with Gasteiger partial charge in [-0.3, -0.25) is 4.99 Å². The van der Waals surface area contributed by atoms with Crippen molar-refractivity contribution in [3.8, 4) is 0 Å². The number of allylic oxidation sites excluding steroid dienone is 2. The minimum absolute atomic E-state index is 0.634. The molecule has 0 amide bonds. The average molecular weight is 521 g/mol. The molecule has 1 aliphatic heterocycles. The van der Waals surface area contributed by atoms with Gasteiger partial charge >= 0.3 is 0 Å². The predicted octanol–water partition coefficient (Wildman–Crippen LogP) is 9.68. The number of hydrogen-bond donors (Lipinski definition) is 0. The summed E-state index contributed by atoms with van der Waals surface area (Å²) in [5.74, 6) is 2.82. The Kier molecular flexibility index (Phi) is 8.09. The second kappa shape index (κ2) is 11.9. The van der Waals surface area contributed by atoms with Crippen molar-refractivity contribution in [2.45, 2.75) is 96.8 Å². The van der Waals surface area contributed by atoms with Gasteiger partial charge in [0.05, 0.1) is 6.54 Å². The van der Waals surface area contributed by atoms with Crippen LogP contribution in [-0.4, -0.2) is 18.8 Å². The van der Waals surface area contributed by atoms with Gasteiger partial charge in [-0.15, -0.1) is 0 Å². The third-order valence-corrected chi connectivity index (χ3v) is 10.2. The normalized spacial score (nSPS) is 23.8. The number of nitrogens with zero attached hydrogens (tertiary/aromatic N) is 2. The van der Waals surface area contributed by atoms with Crippen LogP contribution in [0.1, 0.15) is 106 Å². The van der Waals surface area contributed by atoms with Gasteiger partial charge in [0.2, 0.25) is 0 Å². The van der Waals surface area contributed by atoms with Crippen LogP contribution in [0.4, 0.5) is 5.69 Å². The molecule has 3 saturated carbocycles. The molecule has 0 radical (unpaired) electrons. The van der Waals surface area contributed by atoms with Crippen LogP contribution in [-0.2, 0) is 6.42 Å². The van der Waals surface area contributed by atoms with Crippen LogP contribution >= 0.6 is 0 Å². The molecule has 2 heteroatoms. The lowest BCUT2D eigenvalue weighted by atomic mass is 9.77. The highest BCUT2D eigenvalue weighted by atomic mass is 15.1. The monoisotopic (exact) mass is 520 g/mol. The average Bonchev–Trinajstić information content (AvgIpc) is 3.72. The van der Waals surface area contributed by atoms with Crippen LogP contribution < -0.4 is 4.90 Å². The molecule has 1 heterocycles. The van der Waals surface area contributed by atoms with Crippen LogP contribution in [0.5, 0.6) is 0 Å². The molecule has 3 fully saturated rings. The number of hydrogen-bond acceptors (Lipinski definition) is 2. The van der Waals surface area contributed by atoms with Crippen LogP contribution in [0.2, 0.25) is 0 Å². The summed E-state index contributed by atoms with van der Waals surface area (Å²) >= 11 is 0. The number of aryl methyl sites for hydroxylation is 2. The third kappa shape index (κ3) is 6.11. The first-order chi connectivity index (χ1) is 19.1. The van der Waals surface area contributed by atoms with E-state index in [1.54, 1.807) is 5.56 Å². The van der Waals surface area contributed by atoms with Crippen LogP contribution in [0, 0.1) is 24.7 Å². The van der Waals surface area contributed by atoms with Crippen LogP contribution in [0.3, 0.4) is 0 Å². The van der Waals surface area contributed by atoms with E-state index in [1.165, 1.54) is 110 Å². The maximum Gasteiger partial charge on any atom is 0.0649 e. The van der Waals surface area contributed by atoms with Crippen molar-refractivity contribution in [1.82, 2.24) is 0 Å². The van der Waals surface area contributed by atoms with Crippen molar-refractivity contribution in [3.05, 3.63) is 83.1 Å². The molecule has 0 saturated heterocycles. The largest absolute Gasteiger partial charge is 0.345 e. The number of benzene rings is 2. The fraction of sp³-hybridized carbons (Fsp3) is 0.541. The molecule has 39 heavy (non-hydrogen) atoms. The fourth-order valence-electron chi connectivity index (χ4n) is 7.47. The van der Waals surface area contributed by atoms with Gasteiger partial charge < -0.3 is 4.90 Å². The van der Waals surface area contributed by atoms with E-state index < -0.39 is 0 Å². The molecule has 206 valence electrons. The zero-order valence-electron chi connectivity index (χ0n) is 24.4. The maximum atomic E-state index is 4.87. The molecule has 2 aromatic carbocycles. The van der Waals surface area contributed by atoms with E-state index in [0.29, 0.717) is 5.92 Å². The summed E-state index contributed by atoms with van der Waals surface area (Å²) < 4.78 is 0. The molecule has 0 spiro atoms. The van der Waals surface area contributed by atoms with E-state index in [9.17, 15) is 0 Å². The van der Waals surface area contributed by atoms with Gasteiger partial charge in [0.25, 0.3) is 0 Å². The van der Waals surface area contributed by atoms with E-state index >= 15 is 0 Å². The first kappa shape index (κ1) is 26.6. The quantitative estimate of drug-likeness (QED) is 0.321. The van der Waals surface area contributed by atoms with E-state index in [4.69, 9.17) is 11.6 Å². The SMILES string of the molecule is C=C(C1CCCCC1)N(CC1CCC(c2ccc(CC)c(C)c2)CC1)c1cccc(C2=CC(C3CC3)=NC2)c1. The lowest BCUT2D eigenvalue weighted by Crippen LogP contribution is -2.34. The summed E-state index contributed by atoms with van der Waals surface area (Å²) in [5, 5.41) is 0. The lowest BCUT2D eigenvalue weighted by Gasteiger charge is -2.38. The molecule has 0 unspecified atom stereocenters. The van der Waals surface area contributed by atoms with Gasteiger partial charge in [0.1, 0.15) is 0 Å². The molecule has 4 aliphatic rings. The van der Waals surface area contributed by atoms with Crippen molar-refractivity contribution in [1.29, 1.82) is 0 Å². The lowest BCUT2D eigenvalue weighted by molar-refractivity contribution is 0.323. The molecule has 0 atom stereocenters. The Morgan fingerprint density at radius 2 is 1.67 bits per heavy atom. The summed E-state index contributed by atoms with van der Waals surface area (Å²) in [7, 11) is 0. The van der Waals surface area contributed by atoms with Gasteiger partial charge in [-0.1, -0.05) is 63.1 Å². The Balaban J connectivity index is 1.17. The smallest absolute Gasteiger partial charge is 0.0649 e. The summed E-state index contributed by atoms with van der Waals surface area (Å²) in [5.41, 5.74) is 11.3. The van der Waals surface area contributed by atoms with E-state index in [-0.39, 0.29) is 0 Å². The third-order valence-electron chi connectivity index (χ3n) is 10.2. The molecule has 3 aliphatic carbocycles. The first-order valence-electron chi connectivity index (χ1n) is 16.0. The molecule has 6 rings (SSSR count). The molecule has 2 aromatic rings. The predicted molar refractivity (Wildman–Crippen MR) is 168 cm³/mol. The number of rotatable bonds is 9. The Hall–Kier alpha value is -2.61. The van der Waals surface area contributed by atoms with Gasteiger partial charge in [-0.25, -0.2) is 0 Å². The van der Waals surface area contributed by atoms with Crippen LogP contribution in [0.25, 0.3) is 5.57 Å². The highest BCUT2D eigenvalue weighted by molar-refractivity contribution is 6.07. The van der Waals surface area contributed by atoms with Crippen molar-refractivity contribution < 1.29 is 0 Å². The molecular weight excluding hydrogens is 472 g/mol. The Labute approximate surface area is 237 Å². The van der Waals surface area contributed by atoms with Gasteiger partial charge in [0.15, 0.2) is 0 Å². The molecular formula is C37H48N2. The topological polar surface area (TPSA) is 15.6 Å². The number of anilines is 1. The van der Waals surface area contributed by atoms with Crippen LogP contribution in [0.15, 0.2) is 65.8 Å². The Morgan fingerprint density at radius 3 is 2.38 bits per heavy atom. The summed E-state index contributed by atoms with van der Waals surface area (Å²) in [6, 6.07) is 16.6. The van der Waals surface area contributed by atoms with E-state index in [1.807, 2.05) is 0 Å². The second-order valence-electron chi connectivity index (χ2n) is 12.9. The summed E-state index contributed by atoms with van der Waals surface area (Å²) in [6.07, 6.45) is 18.1. The molecule has 0 bridgehead atoms. The highest BCUT2D eigenvalue weighted by Gasteiger charge is 2.30. The molecule has 2 nitrogen and oxygen atoms in total. The molecule has 0 aromatic heterocycles. The zero-order chi connectivity index (χ0) is 26.8. The van der Waals surface area contributed by atoms with Crippen molar-refractivity contribution >= 4 is 17.0 Å². The molecule has 0 N–H and O–H groups in total. The van der Waals surface area contributed by atoms with Gasteiger partial charge in [-0.2, -0.15) is 0 Å². The standard InChI is InChI=1S/C37H48N2/c1-4-29-17-20-34(21-26(29)2)31-15-13-28(14-16-31)25-39(27(3)30-9-6-5-7-10-30)36-12-8-11-33(22-36)35-23-37(38-24-35)32-18-19-32/h8,11-12,17,20-23,28,30-32H,3-7,9-10,13-16,18-19,24-25H2,1-2H3. The van der Waals surface area contributed by atoms with Gasteiger partial charge in [0, 0.05) is 29.6 Å². The van der Waals surface area contributed by atoms with Gasteiger partial charge in [-0.05, 0) is 129 Å². The number of aliphatic imine (C=N–C) groups is 1. The summed E-state index contributed by atoms with van der Waals surface area (Å²) in [4.78, 5) is 7.51. The zero-order valence-corrected chi connectivity index (χ0v) is 24.4. The van der Waals surface area contributed by atoms with E-state index in [0.717, 1.165) is 37.3 Å². The van der Waals surface area contributed by atoms with Crippen molar-refractivity contribution in [2.24, 2.45) is 22.7 Å². The highest BCUT2D eigenvalue weighted by Crippen LogP contribution is 2.40.